The number of nitrogens with zero attached hydrogens (tertiary/aromatic N) is 1. The first kappa shape index (κ1) is 26.3. The van der Waals surface area contributed by atoms with Gasteiger partial charge in [0.25, 0.3) is 10.1 Å². The van der Waals surface area contributed by atoms with Crippen molar-refractivity contribution in [1.82, 2.24) is 4.90 Å². The molecule has 1 N–H and O–H groups in total. The Hall–Kier alpha value is -0.660. The van der Waals surface area contributed by atoms with Crippen molar-refractivity contribution in [3.05, 3.63) is 0 Å². The number of hydrogen-bond acceptors (Lipinski definition) is 5. The number of carbonyl (C=O) groups is 1. The average Bonchev–Trinajstić information content (AvgIpc) is 2.63. The van der Waals surface area contributed by atoms with E-state index in [4.69, 9.17) is 0 Å². The van der Waals surface area contributed by atoms with E-state index in [1.165, 1.54) is 0 Å². The summed E-state index contributed by atoms with van der Waals surface area (Å²) in [5, 5.41) is -1.55. The van der Waals surface area contributed by atoms with Gasteiger partial charge in [-0.1, -0.05) is 66.2 Å². The van der Waals surface area contributed by atoms with Crippen molar-refractivity contribution in [2.24, 2.45) is 11.8 Å². The van der Waals surface area contributed by atoms with Gasteiger partial charge in [-0.2, -0.15) is 8.42 Å². The Balaban J connectivity index is 5.36. The van der Waals surface area contributed by atoms with Crippen molar-refractivity contribution < 1.29 is 22.5 Å². The van der Waals surface area contributed by atoms with Crippen LogP contribution in [0.5, 0.6) is 0 Å². The molecule has 3 atom stereocenters. The Kier molecular flexibility index (Phi) is 14.0. The van der Waals surface area contributed by atoms with Crippen LogP contribution in [0.4, 0.5) is 0 Å². The van der Waals surface area contributed by atoms with E-state index < -0.39 is 21.3 Å². The summed E-state index contributed by atoms with van der Waals surface area (Å²) >= 11 is 0. The van der Waals surface area contributed by atoms with Gasteiger partial charge in [0, 0.05) is 19.6 Å². The summed E-state index contributed by atoms with van der Waals surface area (Å²) in [6, 6.07) is 0. The number of carbonyl (C=O) groups excluding carboxylic acids is 1. The highest BCUT2D eigenvalue weighted by Crippen LogP contribution is 2.20. The molecule has 6 nitrogen and oxygen atoms in total. The Morgan fingerprint density at radius 2 is 1.37 bits per heavy atom. The van der Waals surface area contributed by atoms with Gasteiger partial charge in [-0.25, -0.2) is 0 Å². The molecule has 0 radical (unpaired) electrons. The zero-order chi connectivity index (χ0) is 20.9. The normalized spacial score (nSPS) is 15.5. The highest BCUT2D eigenvalue weighted by molar-refractivity contribution is 7.87. The largest absolute Gasteiger partial charge is 0.468 e. The van der Waals surface area contributed by atoms with Gasteiger partial charge in [-0.3, -0.25) is 9.35 Å². The minimum atomic E-state index is -4.51. The van der Waals surface area contributed by atoms with Gasteiger partial charge in [-0.15, -0.1) is 0 Å². The number of methoxy groups -OCH3 is 1. The predicted octanol–water partition coefficient (Wildman–Crippen LogP) is 4.15. The monoisotopic (exact) mass is 407 g/mol. The predicted molar refractivity (Wildman–Crippen MR) is 110 cm³/mol. The highest BCUT2D eigenvalue weighted by atomic mass is 32.2. The van der Waals surface area contributed by atoms with Gasteiger partial charge in [0.05, 0.1) is 7.11 Å². The molecular weight excluding hydrogens is 366 g/mol. The summed E-state index contributed by atoms with van der Waals surface area (Å²) in [7, 11) is -3.36. The first-order valence-corrected chi connectivity index (χ1v) is 12.0. The second kappa shape index (κ2) is 14.4. The van der Waals surface area contributed by atoms with E-state index >= 15 is 0 Å². The van der Waals surface area contributed by atoms with Crippen LogP contribution in [0.15, 0.2) is 0 Å². The van der Waals surface area contributed by atoms with Crippen LogP contribution in [-0.2, 0) is 19.6 Å². The van der Waals surface area contributed by atoms with Crippen molar-refractivity contribution in [2.45, 2.75) is 84.3 Å². The average molecular weight is 408 g/mol. The Bertz CT molecular complexity index is 477. The van der Waals surface area contributed by atoms with E-state index in [-0.39, 0.29) is 6.54 Å². The van der Waals surface area contributed by atoms with Crippen molar-refractivity contribution in [1.29, 1.82) is 0 Å². The van der Waals surface area contributed by atoms with Crippen LogP contribution in [0.25, 0.3) is 0 Å². The van der Waals surface area contributed by atoms with Gasteiger partial charge < -0.3 is 9.64 Å². The van der Waals surface area contributed by atoms with Crippen LogP contribution >= 0.6 is 0 Å². The molecule has 0 bridgehead atoms. The van der Waals surface area contributed by atoms with Crippen molar-refractivity contribution >= 4 is 16.1 Å². The van der Waals surface area contributed by atoms with Crippen LogP contribution < -0.4 is 0 Å². The summed E-state index contributed by atoms with van der Waals surface area (Å²) in [6.45, 7) is 10.1. The second-order valence-corrected chi connectivity index (χ2v) is 9.18. The molecule has 0 aromatic carbocycles. The fourth-order valence-corrected chi connectivity index (χ4v) is 4.18. The molecule has 0 spiro atoms. The van der Waals surface area contributed by atoms with Crippen LogP contribution in [0.3, 0.4) is 0 Å². The lowest BCUT2D eigenvalue weighted by atomic mass is 9.95. The summed E-state index contributed by atoms with van der Waals surface area (Å²) in [6.07, 6.45) is 8.72. The molecule has 0 saturated carbocycles. The maximum atomic E-state index is 12.0. The number of esters is 1. The molecule has 0 aromatic heterocycles. The molecular formula is C20H41NO5S. The zero-order valence-electron chi connectivity index (χ0n) is 17.9. The topological polar surface area (TPSA) is 83.9 Å². The van der Waals surface area contributed by atoms with Gasteiger partial charge in [0.15, 0.2) is 5.25 Å². The summed E-state index contributed by atoms with van der Waals surface area (Å²) in [4.78, 5) is 14.0. The van der Waals surface area contributed by atoms with E-state index in [9.17, 15) is 17.8 Å². The number of hydrogen-bond donors (Lipinski definition) is 1. The quantitative estimate of drug-likeness (QED) is 0.306. The second-order valence-electron chi connectivity index (χ2n) is 7.58. The standard InChI is InChI=1S/C20H41NO5S/c1-6-10-12-17(8-3)14-21(15-18(9-4)13-11-7-2)16-19(20(22)26-5)27(23,24)25/h17-19H,6-16H2,1-5H3,(H,23,24,25). The molecule has 0 aliphatic heterocycles. The van der Waals surface area contributed by atoms with Gasteiger partial charge >= 0.3 is 5.97 Å². The van der Waals surface area contributed by atoms with E-state index in [1.54, 1.807) is 0 Å². The van der Waals surface area contributed by atoms with Crippen molar-refractivity contribution in [3.8, 4) is 0 Å². The number of ether oxygens (including phenoxy) is 1. The maximum Gasteiger partial charge on any atom is 0.327 e. The molecule has 0 aliphatic carbocycles. The van der Waals surface area contributed by atoms with Crippen LogP contribution in [0, 0.1) is 11.8 Å². The third-order valence-corrected chi connectivity index (χ3v) is 6.43. The van der Waals surface area contributed by atoms with E-state index in [0.29, 0.717) is 11.8 Å². The first-order valence-electron chi connectivity index (χ1n) is 10.5. The lowest BCUT2D eigenvalue weighted by Crippen LogP contribution is -2.45. The SMILES string of the molecule is CCCCC(CC)CN(CC(CC)CCCC)CC(C(=O)OC)S(=O)(=O)O. The lowest BCUT2D eigenvalue weighted by molar-refractivity contribution is -0.140. The molecule has 7 heteroatoms. The summed E-state index contributed by atoms with van der Waals surface area (Å²) < 4.78 is 37.7. The fourth-order valence-electron chi connectivity index (χ4n) is 3.44. The number of rotatable bonds is 16. The molecule has 0 rings (SSSR count). The first-order chi connectivity index (χ1) is 12.7. The van der Waals surface area contributed by atoms with Crippen LogP contribution in [-0.4, -0.2) is 55.8 Å². The van der Waals surface area contributed by atoms with Gasteiger partial charge in [-0.05, 0) is 24.7 Å². The molecule has 0 fully saturated rings. The highest BCUT2D eigenvalue weighted by Gasteiger charge is 2.34. The molecule has 0 aliphatic rings. The molecule has 0 saturated heterocycles. The number of unbranched alkanes of at least 4 members (excludes halogenated alkanes) is 2. The minimum Gasteiger partial charge on any atom is -0.468 e. The maximum absolute atomic E-state index is 12.0. The van der Waals surface area contributed by atoms with Crippen molar-refractivity contribution in [3.63, 3.8) is 0 Å². The van der Waals surface area contributed by atoms with E-state index in [1.807, 2.05) is 0 Å². The zero-order valence-corrected chi connectivity index (χ0v) is 18.8. The van der Waals surface area contributed by atoms with Crippen LogP contribution in [0.2, 0.25) is 0 Å². The lowest BCUT2D eigenvalue weighted by Gasteiger charge is -2.32. The van der Waals surface area contributed by atoms with Gasteiger partial charge in [0.2, 0.25) is 0 Å². The molecule has 27 heavy (non-hydrogen) atoms. The van der Waals surface area contributed by atoms with Crippen LogP contribution in [0.1, 0.15) is 79.1 Å². The molecule has 162 valence electrons. The Labute approximate surface area is 166 Å². The molecule has 0 aromatic rings. The Morgan fingerprint density at radius 3 is 1.67 bits per heavy atom. The van der Waals surface area contributed by atoms with E-state index in [0.717, 1.165) is 71.6 Å². The molecule has 3 unspecified atom stereocenters. The third kappa shape index (κ3) is 11.1. The molecule has 0 heterocycles. The molecule has 0 amide bonds. The fraction of sp³-hybridized carbons (Fsp3) is 0.950. The van der Waals surface area contributed by atoms with Gasteiger partial charge in [0.1, 0.15) is 0 Å². The third-order valence-electron chi connectivity index (χ3n) is 5.37. The van der Waals surface area contributed by atoms with Crippen molar-refractivity contribution in [2.75, 3.05) is 26.7 Å². The Morgan fingerprint density at radius 1 is 0.926 bits per heavy atom. The minimum absolute atomic E-state index is 0.0171. The van der Waals surface area contributed by atoms with E-state index in [2.05, 4.69) is 37.3 Å². The summed E-state index contributed by atoms with van der Waals surface area (Å²) in [5.41, 5.74) is 0. The summed E-state index contributed by atoms with van der Waals surface area (Å²) in [5.74, 6) is 0.00682. The smallest absolute Gasteiger partial charge is 0.327 e.